The van der Waals surface area contributed by atoms with Crippen LogP contribution in [-0.4, -0.2) is 17.5 Å². The number of nitrogens with one attached hydrogen (secondary N) is 2. The monoisotopic (exact) mass is 364 g/mol. The van der Waals surface area contributed by atoms with Crippen molar-refractivity contribution in [1.29, 1.82) is 0 Å². The van der Waals surface area contributed by atoms with E-state index in [0.29, 0.717) is 11.3 Å². The van der Waals surface area contributed by atoms with E-state index in [1.54, 1.807) is 12.1 Å². The Morgan fingerprint density at radius 3 is 2.77 bits per heavy atom. The number of aromatic nitrogens is 1. The van der Waals surface area contributed by atoms with E-state index in [1.165, 1.54) is 0 Å². The molecule has 2 aromatic rings. The zero-order chi connectivity index (χ0) is 16.1. The fourth-order valence-electron chi connectivity index (χ4n) is 2.04. The van der Waals surface area contributed by atoms with Crippen LogP contribution in [0.2, 0.25) is 0 Å². The van der Waals surface area contributed by atoms with Crippen molar-refractivity contribution in [1.82, 2.24) is 10.3 Å². The first-order valence-electron chi connectivity index (χ1n) is 6.80. The third-order valence-corrected chi connectivity index (χ3v) is 3.62. The van der Waals surface area contributed by atoms with Crippen LogP contribution in [0.15, 0.2) is 39.6 Å². The van der Waals surface area contributed by atoms with Crippen LogP contribution in [0.3, 0.4) is 0 Å². The number of ether oxygens (including phenoxy) is 1. The standard InChI is InChI=1S/C16H17BrN2O3/c1-10-6-11(2)19-16(21)14(10)8-18-15(20)9-22-13-5-3-4-12(17)7-13/h3-7H,8-9H2,1-2H3,(H,18,20)(H,19,21). The fourth-order valence-corrected chi connectivity index (χ4v) is 2.42. The van der Waals surface area contributed by atoms with E-state index in [9.17, 15) is 9.59 Å². The molecule has 0 aliphatic rings. The first-order valence-corrected chi connectivity index (χ1v) is 7.59. The van der Waals surface area contributed by atoms with Gasteiger partial charge in [-0.2, -0.15) is 0 Å². The molecular formula is C16H17BrN2O3. The molecule has 0 atom stereocenters. The molecule has 1 amide bonds. The Morgan fingerprint density at radius 1 is 1.32 bits per heavy atom. The first kappa shape index (κ1) is 16.3. The molecule has 22 heavy (non-hydrogen) atoms. The number of aryl methyl sites for hydroxylation is 2. The van der Waals surface area contributed by atoms with E-state index < -0.39 is 0 Å². The summed E-state index contributed by atoms with van der Waals surface area (Å²) in [6, 6.07) is 9.13. The molecule has 0 bridgehead atoms. The van der Waals surface area contributed by atoms with Gasteiger partial charge in [-0.05, 0) is 43.7 Å². The Kier molecular flexibility index (Phi) is 5.38. The van der Waals surface area contributed by atoms with E-state index in [-0.39, 0.29) is 24.6 Å². The molecule has 0 radical (unpaired) electrons. The van der Waals surface area contributed by atoms with Gasteiger partial charge in [0.1, 0.15) is 5.75 Å². The van der Waals surface area contributed by atoms with Gasteiger partial charge in [-0.15, -0.1) is 0 Å². The minimum Gasteiger partial charge on any atom is -0.484 e. The van der Waals surface area contributed by atoms with Crippen molar-refractivity contribution in [2.75, 3.05) is 6.61 Å². The summed E-state index contributed by atoms with van der Waals surface area (Å²) in [6.07, 6.45) is 0. The molecule has 0 unspecified atom stereocenters. The van der Waals surface area contributed by atoms with Crippen molar-refractivity contribution in [2.45, 2.75) is 20.4 Å². The molecule has 2 N–H and O–H groups in total. The number of halogens is 1. The lowest BCUT2D eigenvalue weighted by atomic mass is 10.1. The van der Waals surface area contributed by atoms with Crippen LogP contribution in [0.1, 0.15) is 16.8 Å². The van der Waals surface area contributed by atoms with Crippen molar-refractivity contribution in [3.05, 3.63) is 62.0 Å². The average molecular weight is 365 g/mol. The van der Waals surface area contributed by atoms with Crippen LogP contribution in [0.25, 0.3) is 0 Å². The van der Waals surface area contributed by atoms with Gasteiger partial charge in [0.2, 0.25) is 0 Å². The Balaban J connectivity index is 1.90. The zero-order valence-corrected chi connectivity index (χ0v) is 14.0. The first-order chi connectivity index (χ1) is 10.5. The third kappa shape index (κ3) is 4.46. The molecule has 0 saturated carbocycles. The van der Waals surface area contributed by atoms with Crippen LogP contribution in [-0.2, 0) is 11.3 Å². The van der Waals surface area contributed by atoms with Gasteiger partial charge in [0, 0.05) is 22.3 Å². The number of hydrogen-bond donors (Lipinski definition) is 2. The quantitative estimate of drug-likeness (QED) is 0.855. The topological polar surface area (TPSA) is 71.2 Å². The minimum atomic E-state index is -0.278. The molecule has 116 valence electrons. The molecule has 5 nitrogen and oxygen atoms in total. The summed E-state index contributed by atoms with van der Waals surface area (Å²) in [6.45, 7) is 3.76. The molecule has 1 aromatic heterocycles. The van der Waals surface area contributed by atoms with E-state index in [4.69, 9.17) is 4.74 Å². The maximum atomic E-state index is 11.8. The highest BCUT2D eigenvalue weighted by atomic mass is 79.9. The highest BCUT2D eigenvalue weighted by Gasteiger charge is 2.08. The summed E-state index contributed by atoms with van der Waals surface area (Å²) in [5.41, 5.74) is 2.04. The van der Waals surface area contributed by atoms with Crippen molar-refractivity contribution >= 4 is 21.8 Å². The van der Waals surface area contributed by atoms with Crippen LogP contribution in [0, 0.1) is 13.8 Å². The molecule has 0 fully saturated rings. The Bertz CT molecular complexity index is 740. The second kappa shape index (κ2) is 7.26. The predicted octanol–water partition coefficient (Wildman–Crippen LogP) is 2.45. The van der Waals surface area contributed by atoms with Crippen molar-refractivity contribution in [3.8, 4) is 5.75 Å². The van der Waals surface area contributed by atoms with E-state index in [1.807, 2.05) is 32.0 Å². The molecule has 0 saturated heterocycles. The number of H-pyrrole nitrogens is 1. The van der Waals surface area contributed by atoms with E-state index in [0.717, 1.165) is 15.7 Å². The number of benzene rings is 1. The molecule has 2 rings (SSSR count). The number of aromatic amines is 1. The van der Waals surface area contributed by atoms with Crippen LogP contribution < -0.4 is 15.6 Å². The van der Waals surface area contributed by atoms with E-state index in [2.05, 4.69) is 26.2 Å². The average Bonchev–Trinajstić information content (AvgIpc) is 2.44. The van der Waals surface area contributed by atoms with Crippen LogP contribution in [0.5, 0.6) is 5.75 Å². The highest BCUT2D eigenvalue weighted by Crippen LogP contribution is 2.17. The van der Waals surface area contributed by atoms with Crippen LogP contribution in [0.4, 0.5) is 0 Å². The lowest BCUT2D eigenvalue weighted by Crippen LogP contribution is -2.31. The molecule has 0 aliphatic heterocycles. The second-order valence-electron chi connectivity index (χ2n) is 4.97. The Hall–Kier alpha value is -2.08. The molecule has 0 spiro atoms. The minimum absolute atomic E-state index is 0.0979. The lowest BCUT2D eigenvalue weighted by molar-refractivity contribution is -0.123. The fraction of sp³-hybridized carbons (Fsp3) is 0.250. The molecule has 1 aromatic carbocycles. The number of carbonyl (C=O) groups is 1. The summed E-state index contributed by atoms with van der Waals surface area (Å²) in [5, 5.41) is 2.69. The van der Waals surface area contributed by atoms with E-state index >= 15 is 0 Å². The molecular weight excluding hydrogens is 348 g/mol. The van der Waals surface area contributed by atoms with Crippen molar-refractivity contribution in [3.63, 3.8) is 0 Å². The summed E-state index contributed by atoms with van der Waals surface area (Å²) >= 11 is 3.33. The normalized spacial score (nSPS) is 10.3. The van der Waals surface area contributed by atoms with Gasteiger partial charge in [0.25, 0.3) is 11.5 Å². The molecule has 0 aliphatic carbocycles. The van der Waals surface area contributed by atoms with Gasteiger partial charge in [-0.1, -0.05) is 22.0 Å². The highest BCUT2D eigenvalue weighted by molar-refractivity contribution is 9.10. The Morgan fingerprint density at radius 2 is 2.09 bits per heavy atom. The summed E-state index contributed by atoms with van der Waals surface area (Å²) in [4.78, 5) is 26.4. The SMILES string of the molecule is Cc1cc(C)c(CNC(=O)COc2cccc(Br)c2)c(=O)[nH]1. The van der Waals surface area contributed by atoms with Crippen molar-refractivity contribution < 1.29 is 9.53 Å². The summed E-state index contributed by atoms with van der Waals surface area (Å²) in [7, 11) is 0. The van der Waals surface area contributed by atoms with Gasteiger partial charge in [0.15, 0.2) is 6.61 Å². The number of hydrogen-bond acceptors (Lipinski definition) is 3. The van der Waals surface area contributed by atoms with Gasteiger partial charge >= 0.3 is 0 Å². The summed E-state index contributed by atoms with van der Waals surface area (Å²) < 4.78 is 6.27. The van der Waals surface area contributed by atoms with Gasteiger partial charge in [-0.25, -0.2) is 0 Å². The van der Waals surface area contributed by atoms with Gasteiger partial charge in [-0.3, -0.25) is 9.59 Å². The summed E-state index contributed by atoms with van der Waals surface area (Å²) in [5.74, 6) is 0.327. The van der Waals surface area contributed by atoms with Gasteiger partial charge < -0.3 is 15.0 Å². The largest absolute Gasteiger partial charge is 0.484 e. The molecule has 6 heteroatoms. The Labute approximate surface area is 136 Å². The maximum absolute atomic E-state index is 11.8. The van der Waals surface area contributed by atoms with Gasteiger partial charge in [0.05, 0.1) is 0 Å². The van der Waals surface area contributed by atoms with Crippen molar-refractivity contribution in [2.24, 2.45) is 0 Å². The number of pyridine rings is 1. The smallest absolute Gasteiger partial charge is 0.258 e. The van der Waals surface area contributed by atoms with Crippen LogP contribution >= 0.6 is 15.9 Å². The number of carbonyl (C=O) groups excluding carboxylic acids is 1. The number of amides is 1. The third-order valence-electron chi connectivity index (χ3n) is 3.12. The second-order valence-corrected chi connectivity index (χ2v) is 5.88. The zero-order valence-electron chi connectivity index (χ0n) is 12.4. The maximum Gasteiger partial charge on any atom is 0.258 e. The lowest BCUT2D eigenvalue weighted by Gasteiger charge is -2.09. The predicted molar refractivity (Wildman–Crippen MR) is 88.0 cm³/mol. The molecule has 1 heterocycles. The number of rotatable bonds is 5.